The molecule has 1 aromatic heterocycles. The normalized spacial score (nSPS) is 29.5. The number of nitrogens with one attached hydrogen (secondary N) is 1. The number of hydrogen-bond acceptors (Lipinski definition) is 7. The number of primary amides is 1. The summed E-state index contributed by atoms with van der Waals surface area (Å²) < 4.78 is 89.4. The number of benzene rings is 1. The van der Waals surface area contributed by atoms with Crippen LogP contribution in [0, 0.1) is 17.6 Å². The number of halogens is 5. The summed E-state index contributed by atoms with van der Waals surface area (Å²) in [6.07, 6.45) is -3.64. The standard InChI is InChI=1S/C28H31F5N4O5/c1-14-21(18-5-6-19(29)22(30)23(18)41-10-9-37-16-3-4-17(37)13-40-12-16)24(42-27(14,2)28(31,32)33)26(39)36-15-7-8-35-20(11-15)25(34)38/h5-8,11,14,16-17,21,24H,3-4,9-10,12-13H2,1-2H3,(H2,34,38)(H,35,36,39)/t14-,16-,17+,21-,24+,27+/m0/s1. The van der Waals surface area contributed by atoms with Gasteiger partial charge in [0.2, 0.25) is 5.82 Å². The minimum Gasteiger partial charge on any atom is -0.489 e. The predicted molar refractivity (Wildman–Crippen MR) is 139 cm³/mol. The number of rotatable bonds is 8. The summed E-state index contributed by atoms with van der Waals surface area (Å²) in [4.78, 5) is 30.9. The zero-order chi connectivity index (χ0) is 30.4. The molecule has 14 heteroatoms. The van der Waals surface area contributed by atoms with Crippen LogP contribution < -0.4 is 15.8 Å². The van der Waals surface area contributed by atoms with E-state index in [0.29, 0.717) is 19.8 Å². The molecule has 6 atom stereocenters. The van der Waals surface area contributed by atoms with Crippen LogP contribution in [0.5, 0.6) is 5.75 Å². The summed E-state index contributed by atoms with van der Waals surface area (Å²) in [5.41, 5.74) is 2.13. The van der Waals surface area contributed by atoms with Crippen molar-refractivity contribution in [1.29, 1.82) is 0 Å². The van der Waals surface area contributed by atoms with Crippen LogP contribution in [0.3, 0.4) is 0 Å². The third kappa shape index (κ3) is 5.42. The molecule has 3 saturated heterocycles. The second-order valence-corrected chi connectivity index (χ2v) is 11.0. The lowest BCUT2D eigenvalue weighted by molar-refractivity contribution is -0.272. The van der Waals surface area contributed by atoms with Crippen molar-refractivity contribution in [2.24, 2.45) is 11.7 Å². The van der Waals surface area contributed by atoms with Gasteiger partial charge in [-0.1, -0.05) is 13.0 Å². The highest BCUT2D eigenvalue weighted by atomic mass is 19.4. The number of alkyl halides is 3. The van der Waals surface area contributed by atoms with Crippen molar-refractivity contribution in [1.82, 2.24) is 9.88 Å². The fraction of sp³-hybridized carbons (Fsp3) is 0.536. The molecule has 9 nitrogen and oxygen atoms in total. The van der Waals surface area contributed by atoms with Crippen LogP contribution in [0.2, 0.25) is 0 Å². The minimum absolute atomic E-state index is 0.0290. The predicted octanol–water partition coefficient (Wildman–Crippen LogP) is 3.78. The SMILES string of the molecule is C[C@H]1[C@@H](c2ccc(F)c(F)c2OCCN2[C@@H]3CC[C@H]2COC3)[C@H](C(=O)Nc2ccnc(C(N)=O)c2)O[C@@]1(C)C(F)(F)F. The Morgan fingerprint density at radius 3 is 2.52 bits per heavy atom. The molecule has 3 aliphatic rings. The van der Waals surface area contributed by atoms with E-state index < -0.39 is 58.9 Å². The highest BCUT2D eigenvalue weighted by molar-refractivity contribution is 5.97. The second kappa shape index (κ2) is 11.4. The number of carbonyl (C=O) groups excluding carboxylic acids is 2. The maximum absolute atomic E-state index is 15.2. The van der Waals surface area contributed by atoms with Crippen LogP contribution in [0.1, 0.15) is 48.7 Å². The van der Waals surface area contributed by atoms with Gasteiger partial charge in [-0.3, -0.25) is 19.5 Å². The fourth-order valence-electron chi connectivity index (χ4n) is 6.17. The van der Waals surface area contributed by atoms with E-state index in [1.807, 2.05) is 0 Å². The van der Waals surface area contributed by atoms with Crippen LogP contribution in [0.25, 0.3) is 0 Å². The average molecular weight is 599 g/mol. The van der Waals surface area contributed by atoms with E-state index in [0.717, 1.165) is 38.0 Å². The summed E-state index contributed by atoms with van der Waals surface area (Å²) >= 11 is 0. The molecule has 5 rings (SSSR count). The lowest BCUT2D eigenvalue weighted by atomic mass is 9.77. The van der Waals surface area contributed by atoms with Gasteiger partial charge >= 0.3 is 6.18 Å². The molecular weight excluding hydrogens is 567 g/mol. The van der Waals surface area contributed by atoms with Gasteiger partial charge in [-0.05, 0) is 38.0 Å². The zero-order valence-corrected chi connectivity index (χ0v) is 22.9. The molecule has 42 heavy (non-hydrogen) atoms. The molecule has 4 heterocycles. The van der Waals surface area contributed by atoms with E-state index >= 15 is 4.39 Å². The lowest BCUT2D eigenvalue weighted by Crippen LogP contribution is -2.47. The van der Waals surface area contributed by atoms with Gasteiger partial charge in [0.05, 0.1) is 13.2 Å². The molecule has 0 aliphatic carbocycles. The van der Waals surface area contributed by atoms with Crippen molar-refractivity contribution < 1.29 is 45.8 Å². The molecule has 3 aliphatic heterocycles. The number of nitrogens with zero attached hydrogens (tertiary/aromatic N) is 2. The van der Waals surface area contributed by atoms with Gasteiger partial charge in [-0.2, -0.15) is 17.6 Å². The van der Waals surface area contributed by atoms with E-state index in [-0.39, 0.29) is 35.6 Å². The number of amides is 2. The summed E-state index contributed by atoms with van der Waals surface area (Å²) in [6.45, 7) is 3.46. The van der Waals surface area contributed by atoms with Gasteiger partial charge < -0.3 is 25.3 Å². The van der Waals surface area contributed by atoms with Crippen LogP contribution in [-0.4, -0.2) is 78.0 Å². The number of hydrogen-bond donors (Lipinski definition) is 2. The van der Waals surface area contributed by atoms with Crippen LogP contribution in [0.15, 0.2) is 30.5 Å². The average Bonchev–Trinajstić information content (AvgIpc) is 3.33. The van der Waals surface area contributed by atoms with Crippen molar-refractivity contribution in [3.63, 3.8) is 0 Å². The lowest BCUT2D eigenvalue weighted by Gasteiger charge is -2.34. The van der Waals surface area contributed by atoms with Crippen LogP contribution in [-0.2, 0) is 14.3 Å². The molecule has 228 valence electrons. The Morgan fingerprint density at radius 1 is 1.19 bits per heavy atom. The first-order chi connectivity index (χ1) is 19.8. The molecule has 0 unspecified atom stereocenters. The van der Waals surface area contributed by atoms with Crippen molar-refractivity contribution >= 4 is 17.5 Å². The van der Waals surface area contributed by atoms with E-state index in [9.17, 15) is 27.2 Å². The van der Waals surface area contributed by atoms with E-state index in [1.165, 1.54) is 19.2 Å². The quantitative estimate of drug-likeness (QED) is 0.445. The molecule has 2 aromatic rings. The number of nitrogens with two attached hydrogens (primary N) is 1. The highest BCUT2D eigenvalue weighted by Gasteiger charge is 2.66. The number of anilines is 1. The van der Waals surface area contributed by atoms with Gasteiger partial charge in [-0.25, -0.2) is 4.39 Å². The van der Waals surface area contributed by atoms with Crippen molar-refractivity contribution in [2.45, 2.75) is 62.6 Å². The van der Waals surface area contributed by atoms with E-state index in [1.54, 1.807) is 0 Å². The first kappa shape index (κ1) is 30.1. The Morgan fingerprint density at radius 2 is 1.88 bits per heavy atom. The zero-order valence-electron chi connectivity index (χ0n) is 22.9. The maximum Gasteiger partial charge on any atom is 0.417 e. The maximum atomic E-state index is 15.2. The van der Waals surface area contributed by atoms with Crippen molar-refractivity contribution in [3.8, 4) is 5.75 Å². The number of ether oxygens (including phenoxy) is 3. The third-order valence-corrected chi connectivity index (χ3v) is 8.63. The number of pyridine rings is 1. The van der Waals surface area contributed by atoms with Crippen LogP contribution >= 0.6 is 0 Å². The first-order valence-electron chi connectivity index (χ1n) is 13.6. The van der Waals surface area contributed by atoms with Crippen molar-refractivity contribution in [2.75, 3.05) is 31.7 Å². The van der Waals surface area contributed by atoms with Crippen LogP contribution in [0.4, 0.5) is 27.6 Å². The summed E-state index contributed by atoms with van der Waals surface area (Å²) in [5.74, 6) is -7.88. The molecule has 0 spiro atoms. The number of morpholine rings is 1. The third-order valence-electron chi connectivity index (χ3n) is 8.63. The first-order valence-corrected chi connectivity index (χ1v) is 13.6. The van der Waals surface area contributed by atoms with E-state index in [4.69, 9.17) is 19.9 Å². The van der Waals surface area contributed by atoms with Gasteiger partial charge in [0, 0.05) is 47.9 Å². The van der Waals surface area contributed by atoms with Gasteiger partial charge in [-0.15, -0.1) is 0 Å². The summed E-state index contributed by atoms with van der Waals surface area (Å²) in [5, 5.41) is 2.43. The van der Waals surface area contributed by atoms with Gasteiger partial charge in [0.1, 0.15) is 18.4 Å². The topological polar surface area (TPSA) is 116 Å². The summed E-state index contributed by atoms with van der Waals surface area (Å²) in [6, 6.07) is 4.73. The van der Waals surface area contributed by atoms with Gasteiger partial charge in [0.25, 0.3) is 11.8 Å². The Labute approximate surface area is 238 Å². The number of carbonyl (C=O) groups is 2. The molecule has 2 amide bonds. The fourth-order valence-corrected chi connectivity index (χ4v) is 6.17. The molecule has 0 saturated carbocycles. The van der Waals surface area contributed by atoms with Gasteiger partial charge in [0.15, 0.2) is 17.2 Å². The highest BCUT2D eigenvalue weighted by Crippen LogP contribution is 2.55. The molecule has 1 aromatic carbocycles. The summed E-state index contributed by atoms with van der Waals surface area (Å²) in [7, 11) is 0. The van der Waals surface area contributed by atoms with Crippen molar-refractivity contribution in [3.05, 3.63) is 53.4 Å². The Hall–Kier alpha value is -3.36. The molecular formula is C28H31F5N4O5. The molecule has 3 N–H and O–H groups in total. The Bertz CT molecular complexity index is 1340. The number of aromatic nitrogens is 1. The molecule has 3 fully saturated rings. The Kier molecular flexibility index (Phi) is 8.16. The minimum atomic E-state index is -4.91. The monoisotopic (exact) mass is 598 g/mol. The smallest absolute Gasteiger partial charge is 0.417 e. The molecule has 0 radical (unpaired) electrons. The number of fused-ring (bicyclic) bond motifs is 2. The Balaban J connectivity index is 1.46. The van der Waals surface area contributed by atoms with E-state index in [2.05, 4.69) is 15.2 Å². The molecule has 2 bridgehead atoms. The second-order valence-electron chi connectivity index (χ2n) is 11.0. The largest absolute Gasteiger partial charge is 0.489 e.